The summed E-state index contributed by atoms with van der Waals surface area (Å²) in [6.45, 7) is 8.83. The molecule has 0 atom stereocenters. The van der Waals surface area contributed by atoms with Crippen LogP contribution in [0.1, 0.15) is 39.1 Å². The number of hydrogen-bond donors (Lipinski definition) is 1. The third-order valence-electron chi connectivity index (χ3n) is 3.21. The van der Waals surface area contributed by atoms with Crippen LogP contribution in [0.4, 0.5) is 5.95 Å². The highest BCUT2D eigenvalue weighted by molar-refractivity contribution is 5.33. The van der Waals surface area contributed by atoms with E-state index in [1.807, 2.05) is 11.9 Å². The topological polar surface area (TPSA) is 67.9 Å². The lowest BCUT2D eigenvalue weighted by atomic mass is 10.1. The van der Waals surface area contributed by atoms with Crippen molar-refractivity contribution < 1.29 is 0 Å². The van der Waals surface area contributed by atoms with Crippen molar-refractivity contribution in [1.82, 2.24) is 15.2 Å². The Kier molecular flexibility index (Phi) is 4.40. The third-order valence-corrected chi connectivity index (χ3v) is 3.21. The molecule has 0 aliphatic rings. The lowest BCUT2D eigenvalue weighted by Gasteiger charge is -2.34. The van der Waals surface area contributed by atoms with Gasteiger partial charge in [0.1, 0.15) is 0 Å². The minimum atomic E-state index is -0.166. The molecule has 0 fully saturated rings. The number of aryl methyl sites for hydroxylation is 2. The van der Waals surface area contributed by atoms with Gasteiger partial charge in [0.15, 0.2) is 0 Å². The molecule has 0 saturated heterocycles. The number of nitrogens with zero attached hydrogens (tertiary/aromatic N) is 4. The lowest BCUT2D eigenvalue weighted by Crippen LogP contribution is -2.48. The largest absolute Gasteiger partial charge is 0.336 e. The van der Waals surface area contributed by atoms with Crippen LogP contribution in [-0.2, 0) is 12.8 Å². The highest BCUT2D eigenvalue weighted by atomic mass is 15.3. The molecule has 0 spiro atoms. The van der Waals surface area contributed by atoms with Gasteiger partial charge in [-0.2, -0.15) is 5.10 Å². The van der Waals surface area contributed by atoms with Crippen molar-refractivity contribution in [2.45, 2.75) is 46.1 Å². The van der Waals surface area contributed by atoms with E-state index in [-0.39, 0.29) is 5.54 Å². The first-order valence-corrected chi connectivity index (χ1v) is 6.12. The van der Waals surface area contributed by atoms with Crippen molar-refractivity contribution in [2.24, 2.45) is 5.73 Å². The first kappa shape index (κ1) is 13.8. The Balaban J connectivity index is 3.07. The maximum absolute atomic E-state index is 5.75. The van der Waals surface area contributed by atoms with Crippen LogP contribution in [0, 0.1) is 0 Å². The fourth-order valence-corrected chi connectivity index (χ4v) is 1.48. The number of aromatic nitrogens is 3. The van der Waals surface area contributed by atoms with E-state index in [4.69, 9.17) is 5.73 Å². The molecule has 96 valence electrons. The Labute approximate surface area is 103 Å². The van der Waals surface area contributed by atoms with E-state index in [0.29, 0.717) is 12.5 Å². The smallest absolute Gasteiger partial charge is 0.245 e. The molecule has 1 aromatic rings. The summed E-state index contributed by atoms with van der Waals surface area (Å²) in [6.07, 6.45) is 1.75. The van der Waals surface area contributed by atoms with Gasteiger partial charge in [0.25, 0.3) is 0 Å². The van der Waals surface area contributed by atoms with E-state index in [2.05, 4.69) is 42.9 Å². The second kappa shape index (κ2) is 5.40. The zero-order valence-electron chi connectivity index (χ0n) is 11.5. The average Bonchev–Trinajstić information content (AvgIpc) is 2.36. The summed E-state index contributed by atoms with van der Waals surface area (Å²) in [5.74, 6) is 0.648. The normalized spacial score (nSPS) is 11.6. The van der Waals surface area contributed by atoms with Gasteiger partial charge in [0.2, 0.25) is 5.95 Å². The lowest BCUT2D eigenvalue weighted by molar-refractivity contribution is 0.486. The van der Waals surface area contributed by atoms with E-state index >= 15 is 0 Å². The Morgan fingerprint density at radius 3 is 2.18 bits per heavy atom. The Morgan fingerprint density at radius 1 is 1.12 bits per heavy atom. The SMILES string of the molecule is CCc1nnc(N(C)C(C)(C)CN)nc1CC. The van der Waals surface area contributed by atoms with E-state index in [0.717, 1.165) is 24.2 Å². The van der Waals surface area contributed by atoms with Gasteiger partial charge in [-0.05, 0) is 26.7 Å². The van der Waals surface area contributed by atoms with Crippen molar-refractivity contribution in [3.8, 4) is 0 Å². The summed E-state index contributed by atoms with van der Waals surface area (Å²) in [6, 6.07) is 0. The number of nitrogens with two attached hydrogens (primary N) is 1. The van der Waals surface area contributed by atoms with E-state index < -0.39 is 0 Å². The van der Waals surface area contributed by atoms with E-state index in [1.54, 1.807) is 0 Å². The van der Waals surface area contributed by atoms with Gasteiger partial charge in [0, 0.05) is 19.1 Å². The van der Waals surface area contributed by atoms with Gasteiger partial charge in [-0.15, -0.1) is 5.10 Å². The number of likely N-dealkylation sites (N-methyl/N-ethyl adjacent to an activating group) is 1. The third kappa shape index (κ3) is 2.91. The molecule has 0 aromatic carbocycles. The molecule has 0 amide bonds. The molecule has 1 aromatic heterocycles. The molecule has 0 aliphatic carbocycles. The maximum atomic E-state index is 5.75. The second-order valence-corrected chi connectivity index (χ2v) is 4.79. The van der Waals surface area contributed by atoms with Crippen molar-refractivity contribution >= 4 is 5.95 Å². The van der Waals surface area contributed by atoms with Gasteiger partial charge in [-0.25, -0.2) is 4.98 Å². The van der Waals surface area contributed by atoms with Crippen molar-refractivity contribution in [3.63, 3.8) is 0 Å². The molecule has 1 heterocycles. The van der Waals surface area contributed by atoms with Crippen molar-refractivity contribution in [1.29, 1.82) is 0 Å². The van der Waals surface area contributed by atoms with Crippen LogP contribution in [0.5, 0.6) is 0 Å². The summed E-state index contributed by atoms with van der Waals surface area (Å²) < 4.78 is 0. The van der Waals surface area contributed by atoms with E-state index in [9.17, 15) is 0 Å². The Hall–Kier alpha value is -1.23. The molecule has 1 rings (SSSR count). The summed E-state index contributed by atoms with van der Waals surface area (Å²) in [5, 5.41) is 8.42. The van der Waals surface area contributed by atoms with Crippen LogP contribution in [0.25, 0.3) is 0 Å². The molecule has 0 bridgehead atoms. The quantitative estimate of drug-likeness (QED) is 0.832. The van der Waals surface area contributed by atoms with Crippen LogP contribution < -0.4 is 10.6 Å². The van der Waals surface area contributed by atoms with Gasteiger partial charge >= 0.3 is 0 Å². The summed E-state index contributed by atoms with van der Waals surface area (Å²) in [7, 11) is 1.95. The summed E-state index contributed by atoms with van der Waals surface area (Å²) in [4.78, 5) is 6.56. The minimum absolute atomic E-state index is 0.166. The fourth-order valence-electron chi connectivity index (χ4n) is 1.48. The van der Waals surface area contributed by atoms with Gasteiger partial charge in [-0.1, -0.05) is 13.8 Å². The van der Waals surface area contributed by atoms with Crippen LogP contribution in [0.2, 0.25) is 0 Å². The number of rotatable bonds is 5. The van der Waals surface area contributed by atoms with Crippen LogP contribution in [0.15, 0.2) is 0 Å². The highest BCUT2D eigenvalue weighted by Gasteiger charge is 2.24. The molecule has 17 heavy (non-hydrogen) atoms. The van der Waals surface area contributed by atoms with Crippen molar-refractivity contribution in [2.75, 3.05) is 18.5 Å². The summed E-state index contributed by atoms with van der Waals surface area (Å²) >= 11 is 0. The van der Waals surface area contributed by atoms with Crippen LogP contribution in [-0.4, -0.2) is 34.3 Å². The van der Waals surface area contributed by atoms with Gasteiger partial charge < -0.3 is 10.6 Å². The average molecular weight is 237 g/mol. The second-order valence-electron chi connectivity index (χ2n) is 4.79. The fraction of sp³-hybridized carbons (Fsp3) is 0.750. The van der Waals surface area contributed by atoms with Crippen LogP contribution in [0.3, 0.4) is 0 Å². The Morgan fingerprint density at radius 2 is 1.71 bits per heavy atom. The molecule has 2 N–H and O–H groups in total. The monoisotopic (exact) mass is 237 g/mol. The zero-order chi connectivity index (χ0) is 13.1. The molecule has 0 radical (unpaired) electrons. The first-order chi connectivity index (χ1) is 7.96. The highest BCUT2D eigenvalue weighted by Crippen LogP contribution is 2.17. The maximum Gasteiger partial charge on any atom is 0.245 e. The standard InChI is InChI=1S/C12H23N5/c1-6-9-10(7-2)15-16-11(14-9)17(5)12(3,4)8-13/h6-8,13H2,1-5H3. The van der Waals surface area contributed by atoms with Crippen LogP contribution >= 0.6 is 0 Å². The van der Waals surface area contributed by atoms with E-state index in [1.165, 1.54) is 0 Å². The molecular formula is C12H23N5. The van der Waals surface area contributed by atoms with Gasteiger partial charge in [-0.3, -0.25) is 0 Å². The predicted octanol–water partition coefficient (Wildman–Crippen LogP) is 1.17. The zero-order valence-corrected chi connectivity index (χ0v) is 11.5. The van der Waals surface area contributed by atoms with Crippen molar-refractivity contribution in [3.05, 3.63) is 11.4 Å². The molecular weight excluding hydrogens is 214 g/mol. The Bertz CT molecular complexity index is 375. The molecule has 0 aliphatic heterocycles. The molecule has 5 nitrogen and oxygen atoms in total. The number of anilines is 1. The minimum Gasteiger partial charge on any atom is -0.336 e. The molecule has 0 saturated carbocycles. The molecule has 5 heteroatoms. The summed E-state index contributed by atoms with van der Waals surface area (Å²) in [5.41, 5.74) is 7.59. The number of hydrogen-bond acceptors (Lipinski definition) is 5. The first-order valence-electron chi connectivity index (χ1n) is 6.12. The molecule has 0 unspecified atom stereocenters. The predicted molar refractivity (Wildman–Crippen MR) is 70.1 cm³/mol. The van der Waals surface area contributed by atoms with Gasteiger partial charge in [0.05, 0.1) is 11.4 Å².